The topological polar surface area (TPSA) is 68.2 Å². The van der Waals surface area contributed by atoms with Gasteiger partial charge < -0.3 is 9.72 Å². The van der Waals surface area contributed by atoms with Crippen LogP contribution in [-0.4, -0.2) is 23.6 Å². The van der Waals surface area contributed by atoms with Gasteiger partial charge >= 0.3 is 0 Å². The molecule has 24 heavy (non-hydrogen) atoms. The molecular weight excluding hydrogens is 304 g/mol. The predicted octanol–water partition coefficient (Wildman–Crippen LogP) is 4.25. The van der Waals surface area contributed by atoms with Gasteiger partial charge in [0.25, 0.3) is 0 Å². The molecule has 2 aromatic carbocycles. The highest BCUT2D eigenvalue weighted by atomic mass is 16.6. The Bertz CT molecular complexity index is 869. The summed E-state index contributed by atoms with van der Waals surface area (Å²) in [5.74, 6) is 0.413. The number of nitrogens with zero attached hydrogens (tertiary/aromatic N) is 1. The van der Waals surface area contributed by atoms with Crippen LogP contribution in [0.1, 0.15) is 17.0 Å². The van der Waals surface area contributed by atoms with Crippen molar-refractivity contribution >= 4 is 17.0 Å². The maximum atomic E-state index is 11.1. The van der Waals surface area contributed by atoms with E-state index in [2.05, 4.69) is 4.98 Å². The highest BCUT2D eigenvalue weighted by molar-refractivity contribution is 5.85. The number of aromatic nitrogens is 1. The minimum absolute atomic E-state index is 0.159. The minimum atomic E-state index is -0.318. The number of fused-ring (bicyclic) bond motifs is 1. The van der Waals surface area contributed by atoms with Gasteiger partial charge in [0, 0.05) is 22.0 Å². The first kappa shape index (κ1) is 15.8. The van der Waals surface area contributed by atoms with Crippen LogP contribution in [0, 0.1) is 10.1 Å². The molecule has 3 aromatic rings. The van der Waals surface area contributed by atoms with E-state index in [0.717, 1.165) is 27.8 Å². The third kappa shape index (κ3) is 3.46. The van der Waals surface area contributed by atoms with Crippen molar-refractivity contribution in [1.29, 1.82) is 0 Å². The summed E-state index contributed by atoms with van der Waals surface area (Å²) >= 11 is 0. The Morgan fingerprint density at radius 3 is 2.75 bits per heavy atom. The number of benzene rings is 2. The van der Waals surface area contributed by atoms with Crippen LogP contribution >= 0.6 is 0 Å². The maximum Gasteiger partial charge on any atom is 0.214 e. The summed E-state index contributed by atoms with van der Waals surface area (Å²) in [4.78, 5) is 14.0. The fraction of sp³-hybridized carbons (Fsp3) is 0.158. The molecule has 5 heteroatoms. The molecule has 1 aromatic heterocycles. The van der Waals surface area contributed by atoms with Gasteiger partial charge in [0.15, 0.2) is 0 Å². The Kier molecular flexibility index (Phi) is 4.61. The van der Waals surface area contributed by atoms with Gasteiger partial charge in [-0.15, -0.1) is 0 Å². The van der Waals surface area contributed by atoms with Gasteiger partial charge in [-0.05, 0) is 29.3 Å². The zero-order valence-corrected chi connectivity index (χ0v) is 13.3. The van der Waals surface area contributed by atoms with Crippen LogP contribution in [0.4, 0.5) is 0 Å². The monoisotopic (exact) mass is 322 g/mol. The van der Waals surface area contributed by atoms with E-state index in [-0.39, 0.29) is 17.4 Å². The van der Waals surface area contributed by atoms with E-state index < -0.39 is 0 Å². The summed E-state index contributed by atoms with van der Waals surface area (Å²) in [7, 11) is 1.61. The first-order valence-corrected chi connectivity index (χ1v) is 7.67. The largest absolute Gasteiger partial charge is 0.497 e. The molecule has 1 N–H and O–H groups in total. The second-order valence-corrected chi connectivity index (χ2v) is 5.55. The number of nitrogens with one attached hydrogen (secondary N) is 1. The molecule has 0 saturated carbocycles. The SMILES string of the molecule is COc1ccc2[nH]cc(C(/C=C/c3ccccc3)C[N+](=O)[O-])c2c1. The van der Waals surface area contributed by atoms with Gasteiger partial charge in [-0.25, -0.2) is 0 Å². The van der Waals surface area contributed by atoms with Crippen LogP contribution in [0.25, 0.3) is 17.0 Å². The molecule has 5 nitrogen and oxygen atoms in total. The fourth-order valence-electron chi connectivity index (χ4n) is 2.77. The highest BCUT2D eigenvalue weighted by Crippen LogP contribution is 2.30. The van der Waals surface area contributed by atoms with E-state index in [9.17, 15) is 10.1 Å². The lowest BCUT2D eigenvalue weighted by atomic mass is 9.97. The van der Waals surface area contributed by atoms with Crippen molar-refractivity contribution < 1.29 is 9.66 Å². The zero-order valence-electron chi connectivity index (χ0n) is 13.3. The molecule has 1 unspecified atom stereocenters. The summed E-state index contributed by atoms with van der Waals surface area (Å²) in [6.07, 6.45) is 5.65. The number of H-pyrrole nitrogens is 1. The van der Waals surface area contributed by atoms with Crippen LogP contribution in [-0.2, 0) is 0 Å². The number of methoxy groups -OCH3 is 1. The first-order chi connectivity index (χ1) is 11.7. The summed E-state index contributed by atoms with van der Waals surface area (Å²) in [5, 5.41) is 12.1. The average molecular weight is 322 g/mol. The van der Waals surface area contributed by atoms with Gasteiger partial charge in [-0.3, -0.25) is 10.1 Å². The van der Waals surface area contributed by atoms with Crippen LogP contribution in [0.2, 0.25) is 0 Å². The van der Waals surface area contributed by atoms with Gasteiger partial charge in [-0.1, -0.05) is 42.5 Å². The number of hydrogen-bond donors (Lipinski definition) is 1. The summed E-state index contributed by atoms with van der Waals surface area (Å²) < 4.78 is 5.27. The lowest BCUT2D eigenvalue weighted by molar-refractivity contribution is -0.481. The van der Waals surface area contributed by atoms with Crippen molar-refractivity contribution in [2.24, 2.45) is 0 Å². The van der Waals surface area contributed by atoms with Gasteiger partial charge in [0.2, 0.25) is 6.54 Å². The molecule has 0 radical (unpaired) electrons. The first-order valence-electron chi connectivity index (χ1n) is 7.67. The zero-order chi connectivity index (χ0) is 16.9. The second-order valence-electron chi connectivity index (χ2n) is 5.55. The van der Waals surface area contributed by atoms with Crippen molar-refractivity contribution in [3.05, 3.63) is 82.0 Å². The molecule has 0 aliphatic heterocycles. The Morgan fingerprint density at radius 1 is 1.25 bits per heavy atom. The molecule has 122 valence electrons. The van der Waals surface area contributed by atoms with E-state index in [4.69, 9.17) is 4.74 Å². The number of hydrogen-bond acceptors (Lipinski definition) is 3. The maximum absolute atomic E-state index is 11.1. The smallest absolute Gasteiger partial charge is 0.214 e. The Hall–Kier alpha value is -3.08. The van der Waals surface area contributed by atoms with Crippen molar-refractivity contribution in [3.8, 4) is 5.75 Å². The summed E-state index contributed by atoms with van der Waals surface area (Å²) in [6, 6.07) is 15.5. The lowest BCUT2D eigenvalue weighted by Gasteiger charge is -2.08. The molecular formula is C19H18N2O3. The molecule has 0 spiro atoms. The molecule has 1 heterocycles. The summed E-state index contributed by atoms with van der Waals surface area (Å²) in [5.41, 5.74) is 2.85. The van der Waals surface area contributed by atoms with Gasteiger partial charge in [-0.2, -0.15) is 0 Å². The number of nitro groups is 1. The number of aromatic amines is 1. The highest BCUT2D eigenvalue weighted by Gasteiger charge is 2.19. The molecule has 0 saturated heterocycles. The van der Waals surface area contributed by atoms with Gasteiger partial charge in [0.05, 0.1) is 13.0 Å². The van der Waals surface area contributed by atoms with E-state index >= 15 is 0 Å². The van der Waals surface area contributed by atoms with Gasteiger partial charge in [0.1, 0.15) is 5.75 Å². The van der Waals surface area contributed by atoms with Crippen LogP contribution in [0.15, 0.2) is 60.8 Å². The number of ether oxygens (including phenoxy) is 1. The van der Waals surface area contributed by atoms with Crippen molar-refractivity contribution in [1.82, 2.24) is 4.98 Å². The normalized spacial score (nSPS) is 12.5. The Morgan fingerprint density at radius 2 is 2.04 bits per heavy atom. The van der Waals surface area contributed by atoms with Crippen molar-refractivity contribution in [2.75, 3.05) is 13.7 Å². The molecule has 0 fully saturated rings. The Balaban J connectivity index is 1.99. The van der Waals surface area contributed by atoms with Crippen LogP contribution in [0.3, 0.4) is 0 Å². The van der Waals surface area contributed by atoms with Crippen molar-refractivity contribution in [3.63, 3.8) is 0 Å². The lowest BCUT2D eigenvalue weighted by Crippen LogP contribution is -2.10. The molecule has 0 amide bonds. The second kappa shape index (κ2) is 7.00. The molecule has 0 bridgehead atoms. The van der Waals surface area contributed by atoms with E-state index in [1.165, 1.54) is 0 Å². The standard InChI is InChI=1S/C19H18N2O3/c1-24-16-9-10-19-17(11-16)18(12-20-19)15(13-21(22)23)8-7-14-5-3-2-4-6-14/h2-12,15,20H,13H2,1H3/b8-7+. The molecule has 3 rings (SSSR count). The molecule has 0 aliphatic rings. The van der Waals surface area contributed by atoms with E-state index in [1.54, 1.807) is 7.11 Å². The Labute approximate surface area is 139 Å². The predicted molar refractivity (Wildman–Crippen MR) is 94.9 cm³/mol. The molecule has 0 aliphatic carbocycles. The van der Waals surface area contributed by atoms with Crippen LogP contribution < -0.4 is 4.74 Å². The fourth-order valence-corrected chi connectivity index (χ4v) is 2.77. The van der Waals surface area contributed by atoms with E-state index in [1.807, 2.05) is 66.9 Å². The third-order valence-corrected chi connectivity index (χ3v) is 3.99. The number of rotatable bonds is 6. The quantitative estimate of drug-likeness (QED) is 0.545. The minimum Gasteiger partial charge on any atom is -0.497 e. The third-order valence-electron chi connectivity index (χ3n) is 3.99. The summed E-state index contributed by atoms with van der Waals surface area (Å²) in [6.45, 7) is -0.159. The average Bonchev–Trinajstić information content (AvgIpc) is 3.02. The van der Waals surface area contributed by atoms with Crippen molar-refractivity contribution in [2.45, 2.75) is 5.92 Å². The van der Waals surface area contributed by atoms with E-state index in [0.29, 0.717) is 0 Å². The molecule has 1 atom stereocenters. The van der Waals surface area contributed by atoms with Crippen LogP contribution in [0.5, 0.6) is 5.75 Å².